The second-order valence-corrected chi connectivity index (χ2v) is 10.9. The van der Waals surface area contributed by atoms with Gasteiger partial charge in [0.05, 0.1) is 5.41 Å². The van der Waals surface area contributed by atoms with Gasteiger partial charge in [0.1, 0.15) is 0 Å². The van der Waals surface area contributed by atoms with E-state index in [4.69, 9.17) is 0 Å². The summed E-state index contributed by atoms with van der Waals surface area (Å²) in [5.74, 6) is 1.87. The third-order valence-corrected chi connectivity index (χ3v) is 8.57. The zero-order chi connectivity index (χ0) is 20.9. The number of carbonyl (C=O) groups excluding carboxylic acids is 2. The molecule has 5 aliphatic rings. The molecular formula is C26H36N2O2. The van der Waals surface area contributed by atoms with E-state index in [-0.39, 0.29) is 22.8 Å². The first-order chi connectivity index (χ1) is 14.4. The summed E-state index contributed by atoms with van der Waals surface area (Å²) in [6.45, 7) is 5.59. The van der Waals surface area contributed by atoms with Gasteiger partial charge in [-0.2, -0.15) is 0 Å². The van der Waals surface area contributed by atoms with Crippen molar-refractivity contribution in [1.29, 1.82) is 0 Å². The van der Waals surface area contributed by atoms with Crippen molar-refractivity contribution in [3.05, 3.63) is 35.4 Å². The summed E-state index contributed by atoms with van der Waals surface area (Å²) in [5.41, 5.74) is 2.79. The molecule has 3 atom stereocenters. The summed E-state index contributed by atoms with van der Waals surface area (Å²) >= 11 is 0. The Hall–Kier alpha value is -1.84. The molecule has 162 valence electrons. The molecule has 0 radical (unpaired) electrons. The summed E-state index contributed by atoms with van der Waals surface area (Å²) < 4.78 is 0. The molecule has 0 spiro atoms. The number of piperidine rings is 1. The fraction of sp³-hybridized carbons (Fsp3) is 0.692. The van der Waals surface area contributed by atoms with Gasteiger partial charge in [-0.25, -0.2) is 0 Å². The molecule has 4 bridgehead atoms. The minimum atomic E-state index is -0.175. The number of nitrogens with one attached hydrogen (secondary N) is 1. The lowest BCUT2D eigenvalue weighted by atomic mass is 9.42. The predicted molar refractivity (Wildman–Crippen MR) is 118 cm³/mol. The molecule has 1 N–H and O–H groups in total. The average Bonchev–Trinajstić information content (AvgIpc) is 2.72. The lowest BCUT2D eigenvalue weighted by molar-refractivity contribution is -0.162. The minimum Gasteiger partial charge on any atom is -0.352 e. The smallest absolute Gasteiger partial charge is 0.228 e. The summed E-state index contributed by atoms with van der Waals surface area (Å²) in [5, 5.41) is 3.13. The third kappa shape index (κ3) is 3.36. The molecule has 2 amide bonds. The fourth-order valence-electron chi connectivity index (χ4n) is 7.70. The molecule has 1 saturated heterocycles. The number of rotatable bonds is 4. The van der Waals surface area contributed by atoms with Crippen molar-refractivity contribution < 1.29 is 9.59 Å². The van der Waals surface area contributed by atoms with E-state index in [1.807, 2.05) is 6.92 Å². The zero-order valence-electron chi connectivity index (χ0n) is 18.6. The van der Waals surface area contributed by atoms with Crippen molar-refractivity contribution in [2.45, 2.75) is 83.1 Å². The zero-order valence-corrected chi connectivity index (χ0v) is 18.6. The number of nitrogens with zero attached hydrogens (tertiary/aromatic N) is 1. The lowest BCUT2D eigenvalue weighted by Gasteiger charge is -2.62. The molecule has 6 rings (SSSR count). The Morgan fingerprint density at radius 3 is 2.47 bits per heavy atom. The highest BCUT2D eigenvalue weighted by Crippen LogP contribution is 2.66. The van der Waals surface area contributed by atoms with Crippen LogP contribution in [0.2, 0.25) is 0 Å². The quantitative estimate of drug-likeness (QED) is 0.805. The summed E-state index contributed by atoms with van der Waals surface area (Å²) in [6.07, 6.45) is 9.52. The molecular weight excluding hydrogens is 372 g/mol. The Labute approximate surface area is 180 Å². The van der Waals surface area contributed by atoms with E-state index in [0.717, 1.165) is 38.6 Å². The monoisotopic (exact) mass is 408 g/mol. The molecule has 0 aromatic heterocycles. The van der Waals surface area contributed by atoms with Gasteiger partial charge in [0.2, 0.25) is 11.8 Å². The standard InChI is InChI=1S/C26H36N2O2/c1-3-23(29)27-22-5-4-10-28(16-22)24(30)26-14-19-11-20(15-26)13-25(12-19,17-26)21-8-6-18(2)7-9-21/h6-9,19-20,22H,3-5,10-17H2,1-2H3,(H,27,29). The molecule has 1 aromatic carbocycles. The van der Waals surface area contributed by atoms with E-state index in [2.05, 4.69) is 41.4 Å². The van der Waals surface area contributed by atoms with Crippen LogP contribution in [0.5, 0.6) is 0 Å². The maximum absolute atomic E-state index is 14.0. The van der Waals surface area contributed by atoms with Gasteiger partial charge >= 0.3 is 0 Å². The van der Waals surface area contributed by atoms with Crippen molar-refractivity contribution in [2.24, 2.45) is 17.3 Å². The average molecular weight is 409 g/mol. The molecule has 5 fully saturated rings. The van der Waals surface area contributed by atoms with Crippen molar-refractivity contribution in [1.82, 2.24) is 10.2 Å². The molecule has 4 saturated carbocycles. The van der Waals surface area contributed by atoms with Gasteiger partial charge < -0.3 is 10.2 Å². The van der Waals surface area contributed by atoms with Gasteiger partial charge in [0.25, 0.3) is 0 Å². The molecule has 1 heterocycles. The van der Waals surface area contributed by atoms with Crippen LogP contribution in [0.15, 0.2) is 24.3 Å². The number of hydrogen-bond donors (Lipinski definition) is 1. The Bertz CT molecular complexity index is 816. The Morgan fingerprint density at radius 2 is 1.80 bits per heavy atom. The van der Waals surface area contributed by atoms with Crippen molar-refractivity contribution >= 4 is 11.8 Å². The van der Waals surface area contributed by atoms with Crippen LogP contribution in [0.1, 0.15) is 75.8 Å². The maximum atomic E-state index is 14.0. The molecule has 4 nitrogen and oxygen atoms in total. The van der Waals surface area contributed by atoms with Crippen molar-refractivity contribution in [3.8, 4) is 0 Å². The summed E-state index contributed by atoms with van der Waals surface area (Å²) in [7, 11) is 0. The number of amides is 2. The highest BCUT2D eigenvalue weighted by molar-refractivity contribution is 5.84. The molecule has 1 aromatic rings. The number of carbonyl (C=O) groups is 2. The second-order valence-electron chi connectivity index (χ2n) is 10.9. The maximum Gasteiger partial charge on any atom is 0.228 e. The predicted octanol–water partition coefficient (Wildman–Crippen LogP) is 4.35. The lowest BCUT2D eigenvalue weighted by Crippen LogP contribution is -2.61. The molecule has 3 unspecified atom stereocenters. The van der Waals surface area contributed by atoms with E-state index in [1.165, 1.54) is 30.4 Å². The van der Waals surface area contributed by atoms with Gasteiger partial charge in [0, 0.05) is 25.6 Å². The van der Waals surface area contributed by atoms with Crippen molar-refractivity contribution in [2.75, 3.05) is 13.1 Å². The first-order valence-electron chi connectivity index (χ1n) is 12.1. The van der Waals surface area contributed by atoms with Crippen LogP contribution in [0, 0.1) is 24.2 Å². The number of benzene rings is 1. The van der Waals surface area contributed by atoms with Crippen LogP contribution in [0.25, 0.3) is 0 Å². The van der Waals surface area contributed by atoms with Gasteiger partial charge in [-0.15, -0.1) is 0 Å². The molecule has 30 heavy (non-hydrogen) atoms. The largest absolute Gasteiger partial charge is 0.352 e. The molecule has 1 aliphatic heterocycles. The second kappa shape index (κ2) is 7.39. The van der Waals surface area contributed by atoms with E-state index in [0.29, 0.717) is 30.7 Å². The number of hydrogen-bond acceptors (Lipinski definition) is 2. The minimum absolute atomic E-state index is 0.0995. The van der Waals surface area contributed by atoms with Crippen molar-refractivity contribution in [3.63, 3.8) is 0 Å². The van der Waals surface area contributed by atoms with E-state index >= 15 is 0 Å². The van der Waals surface area contributed by atoms with E-state index in [9.17, 15) is 9.59 Å². The summed E-state index contributed by atoms with van der Waals surface area (Å²) in [4.78, 5) is 28.0. The van der Waals surface area contributed by atoms with Crippen LogP contribution in [0.4, 0.5) is 0 Å². The van der Waals surface area contributed by atoms with Crippen LogP contribution in [-0.4, -0.2) is 35.8 Å². The van der Waals surface area contributed by atoms with Gasteiger partial charge in [-0.3, -0.25) is 9.59 Å². The number of aryl methyl sites for hydroxylation is 1. The number of likely N-dealkylation sites (tertiary alicyclic amines) is 1. The highest BCUT2D eigenvalue weighted by atomic mass is 16.2. The van der Waals surface area contributed by atoms with E-state index < -0.39 is 0 Å². The SMILES string of the molecule is CCC(=O)NC1CCCN(C(=O)C23CC4CC(C2)CC(c2ccc(C)cc2)(C4)C3)C1. The van der Waals surface area contributed by atoms with Crippen LogP contribution in [0.3, 0.4) is 0 Å². The first-order valence-corrected chi connectivity index (χ1v) is 12.1. The van der Waals surface area contributed by atoms with E-state index in [1.54, 1.807) is 0 Å². The van der Waals surface area contributed by atoms with Crippen LogP contribution < -0.4 is 5.32 Å². The highest BCUT2D eigenvalue weighted by Gasteiger charge is 2.61. The molecule has 4 aliphatic carbocycles. The Balaban J connectivity index is 1.39. The summed E-state index contributed by atoms with van der Waals surface area (Å²) in [6, 6.07) is 9.27. The van der Waals surface area contributed by atoms with Gasteiger partial charge in [-0.1, -0.05) is 36.8 Å². The Morgan fingerprint density at radius 1 is 1.10 bits per heavy atom. The van der Waals surface area contributed by atoms with Crippen LogP contribution in [-0.2, 0) is 15.0 Å². The Kier molecular flexibility index (Phi) is 4.95. The van der Waals surface area contributed by atoms with Crippen LogP contribution >= 0.6 is 0 Å². The fourth-order valence-corrected chi connectivity index (χ4v) is 7.70. The third-order valence-electron chi connectivity index (χ3n) is 8.57. The first kappa shape index (κ1) is 20.1. The van der Waals surface area contributed by atoms with Gasteiger partial charge in [0.15, 0.2) is 0 Å². The van der Waals surface area contributed by atoms with Gasteiger partial charge in [-0.05, 0) is 81.1 Å². The normalized spacial score (nSPS) is 37.3. The molecule has 4 heteroatoms. The topological polar surface area (TPSA) is 49.4 Å².